The Hall–Kier alpha value is -1.12. The van der Waals surface area contributed by atoms with Crippen LogP contribution in [0.3, 0.4) is 0 Å². The summed E-state index contributed by atoms with van der Waals surface area (Å²) in [5, 5.41) is 14.2. The third kappa shape index (κ3) is 4.69. The molecule has 6 nitrogen and oxygen atoms in total. The second-order valence-corrected chi connectivity index (χ2v) is 6.39. The lowest BCUT2D eigenvalue weighted by atomic mass is 10.2. The van der Waals surface area contributed by atoms with Crippen molar-refractivity contribution in [3.05, 3.63) is 27.1 Å². The number of nitrogens with one attached hydrogen (secondary N) is 2. The van der Waals surface area contributed by atoms with Crippen molar-refractivity contribution in [1.29, 1.82) is 0 Å². The smallest absolute Gasteiger partial charge is 0.332 e. The van der Waals surface area contributed by atoms with Gasteiger partial charge in [-0.2, -0.15) is 0 Å². The van der Waals surface area contributed by atoms with Gasteiger partial charge >= 0.3 is 12.0 Å². The van der Waals surface area contributed by atoms with Crippen molar-refractivity contribution in [2.45, 2.75) is 25.0 Å². The summed E-state index contributed by atoms with van der Waals surface area (Å²) in [5.74, 6) is -0.958. The average molecular weight is 422 g/mol. The molecule has 1 aromatic rings. The Labute approximate surface area is 138 Å². The van der Waals surface area contributed by atoms with Gasteiger partial charge < -0.3 is 20.5 Å². The number of hydrogen-bond acceptors (Lipinski definition) is 3. The third-order valence-electron chi connectivity index (χ3n) is 3.05. The zero-order valence-electron chi connectivity index (χ0n) is 10.9. The number of carbonyl (C=O) groups is 2. The molecule has 2 rings (SSSR count). The third-order valence-corrected chi connectivity index (χ3v) is 4.23. The van der Waals surface area contributed by atoms with Crippen molar-refractivity contribution in [2.24, 2.45) is 0 Å². The Morgan fingerprint density at radius 1 is 1.33 bits per heavy atom. The molecule has 0 spiro atoms. The van der Waals surface area contributed by atoms with Crippen molar-refractivity contribution in [3.8, 4) is 0 Å². The van der Waals surface area contributed by atoms with E-state index in [2.05, 4.69) is 42.5 Å². The number of anilines is 1. The molecule has 0 saturated carbocycles. The first-order valence-corrected chi connectivity index (χ1v) is 7.92. The lowest BCUT2D eigenvalue weighted by Crippen LogP contribution is -2.36. The van der Waals surface area contributed by atoms with Gasteiger partial charge in [0.15, 0.2) is 6.10 Å². The standard InChI is InChI=1S/C13H14Br2N2O4/c14-7-1-3-9(15)10(5-7)17-13(20)16-6-8-2-4-11(21-8)12(18)19/h1,3,5,8,11H,2,4,6H2,(H,18,19)(H2,16,17,20). The number of hydrogen-bond donors (Lipinski definition) is 3. The summed E-state index contributed by atoms with van der Waals surface area (Å²) in [6.45, 7) is 0.279. The minimum Gasteiger partial charge on any atom is -0.479 e. The summed E-state index contributed by atoms with van der Waals surface area (Å²) in [4.78, 5) is 22.6. The van der Waals surface area contributed by atoms with Gasteiger partial charge in [-0.25, -0.2) is 9.59 Å². The average Bonchev–Trinajstić information content (AvgIpc) is 2.90. The molecule has 2 amide bonds. The first kappa shape index (κ1) is 16.3. The van der Waals surface area contributed by atoms with Crippen LogP contribution in [0.4, 0.5) is 10.5 Å². The molecule has 21 heavy (non-hydrogen) atoms. The predicted molar refractivity (Wildman–Crippen MR) is 84.4 cm³/mol. The van der Waals surface area contributed by atoms with Crippen LogP contribution in [0.25, 0.3) is 0 Å². The molecule has 8 heteroatoms. The summed E-state index contributed by atoms with van der Waals surface area (Å²) in [6, 6.07) is 5.08. The van der Waals surface area contributed by atoms with Crippen LogP contribution in [-0.2, 0) is 9.53 Å². The number of amides is 2. The molecule has 0 aromatic heterocycles. The van der Waals surface area contributed by atoms with Crippen molar-refractivity contribution >= 4 is 49.5 Å². The van der Waals surface area contributed by atoms with E-state index in [9.17, 15) is 9.59 Å². The van der Waals surface area contributed by atoms with Crippen LogP contribution in [0.15, 0.2) is 27.1 Å². The van der Waals surface area contributed by atoms with Gasteiger partial charge in [-0.05, 0) is 47.0 Å². The second kappa shape index (κ2) is 7.24. The van der Waals surface area contributed by atoms with Gasteiger partial charge in [-0.1, -0.05) is 15.9 Å². The Kier molecular flexibility index (Phi) is 5.60. The molecular weight excluding hydrogens is 408 g/mol. The fraction of sp³-hybridized carbons (Fsp3) is 0.385. The van der Waals surface area contributed by atoms with E-state index in [1.807, 2.05) is 12.1 Å². The minimum absolute atomic E-state index is 0.261. The first-order chi connectivity index (χ1) is 9.95. The number of carbonyl (C=O) groups excluding carboxylic acids is 1. The summed E-state index contributed by atoms with van der Waals surface area (Å²) < 4.78 is 6.93. The Morgan fingerprint density at radius 2 is 2.10 bits per heavy atom. The van der Waals surface area contributed by atoms with Gasteiger partial charge in [0.05, 0.1) is 11.8 Å². The van der Waals surface area contributed by atoms with Gasteiger partial charge in [-0.3, -0.25) is 0 Å². The molecule has 1 aliphatic rings. The van der Waals surface area contributed by atoms with Crippen molar-refractivity contribution in [2.75, 3.05) is 11.9 Å². The van der Waals surface area contributed by atoms with Crippen LogP contribution < -0.4 is 10.6 Å². The van der Waals surface area contributed by atoms with E-state index in [1.54, 1.807) is 6.07 Å². The SMILES string of the molecule is O=C(NCC1CCC(C(=O)O)O1)Nc1cc(Br)ccc1Br. The van der Waals surface area contributed by atoms with Gasteiger partial charge in [-0.15, -0.1) is 0 Å². The molecule has 2 unspecified atom stereocenters. The molecule has 1 fully saturated rings. The molecule has 0 bridgehead atoms. The summed E-state index contributed by atoms with van der Waals surface area (Å²) in [6.07, 6.45) is 0.0695. The fourth-order valence-corrected chi connectivity index (χ4v) is 2.71. The van der Waals surface area contributed by atoms with Crippen LogP contribution in [-0.4, -0.2) is 35.9 Å². The lowest BCUT2D eigenvalue weighted by molar-refractivity contribution is -0.149. The highest BCUT2D eigenvalue weighted by Gasteiger charge is 2.30. The van der Waals surface area contributed by atoms with E-state index in [0.29, 0.717) is 18.5 Å². The highest BCUT2D eigenvalue weighted by molar-refractivity contribution is 9.11. The van der Waals surface area contributed by atoms with Crippen LogP contribution in [0.1, 0.15) is 12.8 Å². The quantitative estimate of drug-likeness (QED) is 0.697. The topological polar surface area (TPSA) is 87.7 Å². The number of urea groups is 1. The number of halogens is 2. The molecular formula is C13H14Br2N2O4. The molecule has 2 atom stereocenters. The van der Waals surface area contributed by atoms with Gasteiger partial charge in [0.1, 0.15) is 0 Å². The van der Waals surface area contributed by atoms with E-state index in [-0.39, 0.29) is 18.7 Å². The van der Waals surface area contributed by atoms with Gasteiger partial charge in [0.2, 0.25) is 0 Å². The minimum atomic E-state index is -0.958. The zero-order valence-corrected chi connectivity index (χ0v) is 14.1. The van der Waals surface area contributed by atoms with Crippen LogP contribution in [0.5, 0.6) is 0 Å². The summed E-state index contributed by atoms with van der Waals surface area (Å²) in [5.41, 5.74) is 0.637. The maximum atomic E-state index is 11.8. The van der Waals surface area contributed by atoms with E-state index in [0.717, 1.165) is 8.95 Å². The molecule has 114 valence electrons. The normalized spacial score (nSPS) is 21.0. The van der Waals surface area contributed by atoms with Gasteiger partial charge in [0.25, 0.3) is 0 Å². The second-order valence-electron chi connectivity index (χ2n) is 4.62. The fourth-order valence-electron chi connectivity index (χ4n) is 2.00. The number of ether oxygens (including phenoxy) is 1. The number of rotatable bonds is 4. The van der Waals surface area contributed by atoms with Crippen molar-refractivity contribution < 1.29 is 19.4 Å². The van der Waals surface area contributed by atoms with E-state index >= 15 is 0 Å². The van der Waals surface area contributed by atoms with Crippen LogP contribution in [0.2, 0.25) is 0 Å². The van der Waals surface area contributed by atoms with E-state index in [1.165, 1.54) is 0 Å². The maximum Gasteiger partial charge on any atom is 0.332 e. The summed E-state index contributed by atoms with van der Waals surface area (Å²) >= 11 is 6.68. The Bertz CT molecular complexity index is 553. The highest BCUT2D eigenvalue weighted by atomic mass is 79.9. The van der Waals surface area contributed by atoms with E-state index in [4.69, 9.17) is 9.84 Å². The van der Waals surface area contributed by atoms with Crippen LogP contribution >= 0.6 is 31.9 Å². The molecule has 1 aromatic carbocycles. The lowest BCUT2D eigenvalue weighted by Gasteiger charge is -2.13. The number of benzene rings is 1. The molecule has 1 heterocycles. The van der Waals surface area contributed by atoms with Gasteiger partial charge in [0, 0.05) is 15.5 Å². The zero-order chi connectivity index (χ0) is 15.4. The number of aliphatic carboxylic acids is 1. The molecule has 3 N–H and O–H groups in total. The summed E-state index contributed by atoms with van der Waals surface area (Å²) in [7, 11) is 0. The number of carboxylic acid groups (broad SMARTS) is 1. The van der Waals surface area contributed by atoms with Crippen LogP contribution in [0, 0.1) is 0 Å². The highest BCUT2D eigenvalue weighted by Crippen LogP contribution is 2.26. The van der Waals surface area contributed by atoms with Crippen molar-refractivity contribution in [3.63, 3.8) is 0 Å². The Morgan fingerprint density at radius 3 is 2.76 bits per heavy atom. The van der Waals surface area contributed by atoms with E-state index < -0.39 is 12.1 Å². The molecule has 0 radical (unpaired) electrons. The molecule has 0 aliphatic carbocycles. The monoisotopic (exact) mass is 420 g/mol. The number of carboxylic acids is 1. The largest absolute Gasteiger partial charge is 0.479 e. The predicted octanol–water partition coefficient (Wildman–Crippen LogP) is 2.97. The first-order valence-electron chi connectivity index (χ1n) is 6.34. The molecule has 1 saturated heterocycles. The molecule has 1 aliphatic heterocycles. The maximum absolute atomic E-state index is 11.8. The van der Waals surface area contributed by atoms with Crippen molar-refractivity contribution in [1.82, 2.24) is 5.32 Å². The Balaban J connectivity index is 1.80.